The Kier molecular flexibility index (Phi) is 11.5. The molecule has 0 spiro atoms. The molecule has 0 aromatic rings. The van der Waals surface area contributed by atoms with Crippen molar-refractivity contribution in [1.29, 1.82) is 0 Å². The number of aliphatic hydroxyl groups excluding tert-OH is 2. The zero-order chi connectivity index (χ0) is 26.2. The van der Waals surface area contributed by atoms with Crippen molar-refractivity contribution in [2.24, 2.45) is 39.7 Å². The Bertz CT molecular complexity index is 744. The summed E-state index contributed by atoms with van der Waals surface area (Å²) >= 11 is 0. The summed E-state index contributed by atoms with van der Waals surface area (Å²) < 4.78 is 0. The molecule has 8 atom stereocenters. The molecule has 0 radical (unpaired) electrons. The van der Waals surface area contributed by atoms with Crippen molar-refractivity contribution in [3.8, 4) is 0 Å². The lowest BCUT2D eigenvalue weighted by molar-refractivity contribution is -0.0428. The van der Waals surface area contributed by atoms with Crippen LogP contribution >= 0.6 is 0 Å². The van der Waals surface area contributed by atoms with Gasteiger partial charge in [0.2, 0.25) is 0 Å². The van der Waals surface area contributed by atoms with Gasteiger partial charge in [-0.05, 0) is 100 Å². The van der Waals surface area contributed by atoms with E-state index in [1.165, 1.54) is 32.1 Å². The van der Waals surface area contributed by atoms with E-state index in [4.69, 9.17) is 4.84 Å². The summed E-state index contributed by atoms with van der Waals surface area (Å²) in [7, 11) is 0. The zero-order valence-electron chi connectivity index (χ0n) is 24.0. The molecule has 0 aliphatic heterocycles. The van der Waals surface area contributed by atoms with Crippen LogP contribution in [0.2, 0.25) is 0 Å². The average Bonchev–Trinajstić information content (AvgIpc) is 3.23. The summed E-state index contributed by atoms with van der Waals surface area (Å²) in [5.74, 6) is 2.77. The first-order valence-corrected chi connectivity index (χ1v) is 14.6. The Labute approximate surface area is 216 Å². The number of fused-ring (bicyclic) bond motifs is 5. The maximum absolute atomic E-state index is 10.2. The topological polar surface area (TPSA) is 62.0 Å². The van der Waals surface area contributed by atoms with E-state index >= 15 is 0 Å². The molecule has 4 aliphatic carbocycles. The molecule has 0 aromatic heterocycles. The van der Waals surface area contributed by atoms with Crippen LogP contribution in [0.3, 0.4) is 0 Å². The van der Waals surface area contributed by atoms with Crippen LogP contribution < -0.4 is 0 Å². The van der Waals surface area contributed by atoms with Gasteiger partial charge in [0.25, 0.3) is 0 Å². The molecule has 4 aliphatic rings. The number of hydrogen-bond acceptors (Lipinski definition) is 4. The van der Waals surface area contributed by atoms with Crippen molar-refractivity contribution in [2.45, 2.75) is 125 Å². The Hall–Kier alpha value is -1.13. The molecule has 202 valence electrons. The van der Waals surface area contributed by atoms with Crippen molar-refractivity contribution in [1.82, 2.24) is 0 Å². The summed E-state index contributed by atoms with van der Waals surface area (Å²) in [6, 6.07) is 0. The molecule has 2 N–H and O–H groups in total. The summed E-state index contributed by atoms with van der Waals surface area (Å²) in [4.78, 5) is 5.57. The van der Waals surface area contributed by atoms with E-state index in [1.54, 1.807) is 5.57 Å². The van der Waals surface area contributed by atoms with Crippen LogP contribution in [0.1, 0.15) is 113 Å². The van der Waals surface area contributed by atoms with Gasteiger partial charge in [-0.1, -0.05) is 70.5 Å². The van der Waals surface area contributed by atoms with Crippen LogP contribution in [0.25, 0.3) is 0 Å². The van der Waals surface area contributed by atoms with Crippen LogP contribution in [0.5, 0.6) is 0 Å². The van der Waals surface area contributed by atoms with Gasteiger partial charge in [0.1, 0.15) is 6.61 Å². The van der Waals surface area contributed by atoms with E-state index in [-0.39, 0.29) is 12.7 Å². The van der Waals surface area contributed by atoms with E-state index < -0.39 is 6.10 Å². The minimum Gasteiger partial charge on any atom is -0.393 e. The molecule has 4 nitrogen and oxygen atoms in total. The van der Waals surface area contributed by atoms with Crippen molar-refractivity contribution < 1.29 is 15.1 Å². The molecule has 0 heterocycles. The number of allylic oxidation sites excluding steroid dienone is 2. The van der Waals surface area contributed by atoms with Gasteiger partial charge in [-0.15, -0.1) is 0 Å². The van der Waals surface area contributed by atoms with Gasteiger partial charge in [0.15, 0.2) is 0 Å². The third-order valence-electron chi connectivity index (χ3n) is 9.70. The summed E-state index contributed by atoms with van der Waals surface area (Å²) in [5, 5.41) is 24.7. The minimum atomic E-state index is -0.493. The second kappa shape index (κ2) is 13.4. The first kappa shape index (κ1) is 30.1. The van der Waals surface area contributed by atoms with Crippen LogP contribution in [0.15, 0.2) is 29.0 Å². The lowest BCUT2D eigenvalue weighted by Crippen LogP contribution is -2.50. The van der Waals surface area contributed by atoms with Crippen LogP contribution in [0, 0.1) is 34.5 Å². The van der Waals surface area contributed by atoms with Gasteiger partial charge in [0, 0.05) is 5.92 Å². The lowest BCUT2D eigenvalue weighted by atomic mass is 9.47. The Morgan fingerprint density at radius 1 is 1.11 bits per heavy atom. The highest BCUT2D eigenvalue weighted by molar-refractivity contribution is 5.85. The fourth-order valence-electron chi connectivity index (χ4n) is 7.98. The molecule has 4 heteroatoms. The van der Waals surface area contributed by atoms with Gasteiger partial charge in [-0.2, -0.15) is 0 Å². The van der Waals surface area contributed by atoms with Crippen molar-refractivity contribution in [3.63, 3.8) is 0 Å². The largest absolute Gasteiger partial charge is 0.393 e. The molecular formula is C31H55NO3. The molecule has 8 unspecified atom stereocenters. The Morgan fingerprint density at radius 3 is 2.51 bits per heavy atom. The molecule has 0 saturated heterocycles. The van der Waals surface area contributed by atoms with Crippen LogP contribution in [0.4, 0.5) is 0 Å². The standard InChI is InChI=1S/C27H43NO3.2C2H6/c1-5-6-7-21(30)17-31-28-18(2)23-10-11-24-22-9-8-19-16-20(29)12-14-26(19,3)25(22)13-15-27(23,24)4;2*1-2/h5-6,8,20-25,29-30H,7,9-17H2,1-4H3;2*1-2H3/b6-5-,28-18-;;. The fraction of sp³-hybridized carbons (Fsp3) is 0.839. The minimum absolute atomic E-state index is 0.129. The van der Waals surface area contributed by atoms with Crippen molar-refractivity contribution in [2.75, 3.05) is 6.61 Å². The third-order valence-corrected chi connectivity index (χ3v) is 9.70. The van der Waals surface area contributed by atoms with Gasteiger partial charge in [-0.25, -0.2) is 0 Å². The predicted octanol–water partition coefficient (Wildman–Crippen LogP) is 7.70. The molecule has 4 rings (SSSR count). The van der Waals surface area contributed by atoms with Crippen molar-refractivity contribution >= 4 is 5.71 Å². The van der Waals surface area contributed by atoms with E-state index in [2.05, 4.69) is 32.0 Å². The molecule has 3 fully saturated rings. The van der Waals surface area contributed by atoms with E-state index in [0.29, 0.717) is 23.2 Å². The number of nitrogens with zero attached hydrogens (tertiary/aromatic N) is 1. The predicted molar refractivity (Wildman–Crippen MR) is 148 cm³/mol. The zero-order valence-corrected chi connectivity index (χ0v) is 24.0. The molecule has 0 amide bonds. The first-order chi connectivity index (χ1) is 16.8. The van der Waals surface area contributed by atoms with E-state index in [1.807, 2.05) is 46.8 Å². The SMILES string of the molecule is C/C=C\CC(O)CO/N=C(/C)C1CCC2C3CC=C4CC(O)CCC4(C)C3CCC12C.CC.CC. The third kappa shape index (κ3) is 6.24. The van der Waals surface area contributed by atoms with Gasteiger partial charge >= 0.3 is 0 Å². The Balaban J connectivity index is 0.00000103. The summed E-state index contributed by atoms with van der Waals surface area (Å²) in [6.07, 6.45) is 15.7. The first-order valence-electron chi connectivity index (χ1n) is 14.6. The monoisotopic (exact) mass is 489 g/mol. The molecule has 3 saturated carbocycles. The van der Waals surface area contributed by atoms with Crippen molar-refractivity contribution in [3.05, 3.63) is 23.8 Å². The van der Waals surface area contributed by atoms with Gasteiger partial charge < -0.3 is 15.1 Å². The van der Waals surface area contributed by atoms with E-state index in [9.17, 15) is 10.2 Å². The second-order valence-corrected chi connectivity index (χ2v) is 11.3. The van der Waals surface area contributed by atoms with Crippen LogP contribution in [-0.4, -0.2) is 34.7 Å². The quantitative estimate of drug-likeness (QED) is 0.228. The van der Waals surface area contributed by atoms with E-state index in [0.717, 1.165) is 42.7 Å². The number of oxime groups is 1. The average molecular weight is 490 g/mol. The number of rotatable bonds is 6. The molecular weight excluding hydrogens is 434 g/mol. The number of aliphatic hydroxyl groups is 2. The molecule has 0 bridgehead atoms. The van der Waals surface area contributed by atoms with Gasteiger partial charge in [0.05, 0.1) is 17.9 Å². The fourth-order valence-corrected chi connectivity index (χ4v) is 7.98. The lowest BCUT2D eigenvalue weighted by Gasteiger charge is -2.58. The summed E-state index contributed by atoms with van der Waals surface area (Å²) in [5.41, 5.74) is 3.27. The van der Waals surface area contributed by atoms with Crippen LogP contribution in [-0.2, 0) is 4.84 Å². The maximum Gasteiger partial charge on any atom is 0.143 e. The normalized spacial score (nSPS) is 39.1. The highest BCUT2D eigenvalue weighted by Gasteiger charge is 2.59. The maximum atomic E-state index is 10.2. The second-order valence-electron chi connectivity index (χ2n) is 11.3. The summed E-state index contributed by atoms with van der Waals surface area (Å²) in [6.45, 7) is 17.4. The smallest absolute Gasteiger partial charge is 0.143 e. The highest BCUT2D eigenvalue weighted by atomic mass is 16.6. The molecule has 0 aromatic carbocycles. The Morgan fingerprint density at radius 2 is 1.83 bits per heavy atom. The van der Waals surface area contributed by atoms with Gasteiger partial charge in [-0.3, -0.25) is 0 Å². The highest BCUT2D eigenvalue weighted by Crippen LogP contribution is 2.66. The number of hydrogen-bond donors (Lipinski definition) is 2. The molecule has 35 heavy (non-hydrogen) atoms.